The van der Waals surface area contributed by atoms with E-state index in [4.69, 9.17) is 4.74 Å². The smallest absolute Gasteiger partial charge is 0.149 e. The number of hydrogen-bond donors (Lipinski definition) is 0. The van der Waals surface area contributed by atoms with Crippen molar-refractivity contribution in [2.45, 2.75) is 47.3 Å². The van der Waals surface area contributed by atoms with Crippen molar-refractivity contribution in [2.75, 3.05) is 0 Å². The van der Waals surface area contributed by atoms with Crippen LogP contribution in [0.4, 0.5) is 0 Å². The lowest BCUT2D eigenvalue weighted by atomic mass is 9.43. The van der Waals surface area contributed by atoms with Crippen LogP contribution in [0.2, 0.25) is 0 Å². The van der Waals surface area contributed by atoms with Gasteiger partial charge in [-0.3, -0.25) is 0 Å². The van der Waals surface area contributed by atoms with Gasteiger partial charge in [-0.15, -0.1) is 0 Å². The summed E-state index contributed by atoms with van der Waals surface area (Å²) in [5.74, 6) is 5.67. The molecule has 3 aromatic carbocycles. The third-order valence-electron chi connectivity index (χ3n) is 8.92. The van der Waals surface area contributed by atoms with Gasteiger partial charge < -0.3 is 4.74 Å². The van der Waals surface area contributed by atoms with Crippen LogP contribution in [0, 0.1) is 23.7 Å². The molecular weight excluding hydrogens is 384 g/mol. The van der Waals surface area contributed by atoms with Crippen molar-refractivity contribution in [1.29, 1.82) is 0 Å². The molecule has 0 atom stereocenters. The van der Waals surface area contributed by atoms with Gasteiger partial charge in [0.2, 0.25) is 0 Å². The highest BCUT2D eigenvalue weighted by molar-refractivity contribution is 7.99. The molecule has 2 heteroatoms. The number of rotatable bonds is 0. The van der Waals surface area contributed by atoms with Crippen LogP contribution in [0.15, 0.2) is 70.5 Å². The van der Waals surface area contributed by atoms with Crippen molar-refractivity contribution in [3.8, 4) is 22.6 Å². The molecule has 0 aromatic heterocycles. The molecule has 4 bridgehead atoms. The Bertz CT molecular complexity index is 1200. The van der Waals surface area contributed by atoms with Crippen LogP contribution in [0.3, 0.4) is 0 Å². The zero-order valence-electron chi connectivity index (χ0n) is 16.9. The quantitative estimate of drug-likeness (QED) is 0.295. The SMILES string of the molecule is c1ccc2c(c1)Oc1c(ccc3c1-c1ccccc1C31C3CC4CC(C3)CC1C4)S2. The van der Waals surface area contributed by atoms with Crippen LogP contribution < -0.4 is 4.74 Å². The Morgan fingerprint density at radius 2 is 1.43 bits per heavy atom. The second-order valence-corrected chi connectivity index (χ2v) is 11.3. The first-order valence-corrected chi connectivity index (χ1v) is 12.4. The van der Waals surface area contributed by atoms with Gasteiger partial charge in [-0.05, 0) is 90.7 Å². The van der Waals surface area contributed by atoms with Gasteiger partial charge in [0.1, 0.15) is 11.5 Å². The molecule has 5 aliphatic carbocycles. The summed E-state index contributed by atoms with van der Waals surface area (Å²) < 4.78 is 6.64. The number of para-hydroxylation sites is 1. The Kier molecular flexibility index (Phi) is 3.04. The largest absolute Gasteiger partial charge is 0.454 e. The summed E-state index contributed by atoms with van der Waals surface area (Å²) >= 11 is 1.86. The average molecular weight is 409 g/mol. The van der Waals surface area contributed by atoms with E-state index in [1.165, 1.54) is 53.0 Å². The minimum Gasteiger partial charge on any atom is -0.454 e. The molecule has 1 nitrogen and oxygen atoms in total. The molecule has 0 saturated heterocycles. The van der Waals surface area contributed by atoms with Crippen molar-refractivity contribution in [3.05, 3.63) is 71.8 Å². The molecule has 1 heterocycles. The van der Waals surface area contributed by atoms with Gasteiger partial charge in [-0.25, -0.2) is 0 Å². The maximum absolute atomic E-state index is 6.64. The van der Waals surface area contributed by atoms with Crippen molar-refractivity contribution in [2.24, 2.45) is 23.7 Å². The highest BCUT2D eigenvalue weighted by Crippen LogP contribution is 2.71. The fourth-order valence-corrected chi connectivity index (χ4v) is 9.19. The minimum absolute atomic E-state index is 0.222. The number of fused-ring (bicyclic) bond motifs is 6. The van der Waals surface area contributed by atoms with Gasteiger partial charge >= 0.3 is 0 Å². The van der Waals surface area contributed by atoms with Crippen LogP contribution in [-0.2, 0) is 5.41 Å². The zero-order valence-corrected chi connectivity index (χ0v) is 17.8. The predicted octanol–water partition coefficient (Wildman–Crippen LogP) is 7.67. The zero-order chi connectivity index (χ0) is 19.4. The molecule has 0 amide bonds. The van der Waals surface area contributed by atoms with Gasteiger partial charge in [0.05, 0.1) is 9.79 Å². The third kappa shape index (κ3) is 1.84. The summed E-state index contributed by atoms with van der Waals surface area (Å²) in [6.45, 7) is 0. The van der Waals surface area contributed by atoms with E-state index in [-0.39, 0.29) is 5.41 Å². The number of hydrogen-bond acceptors (Lipinski definition) is 2. The predicted molar refractivity (Wildman–Crippen MR) is 120 cm³/mol. The molecule has 0 radical (unpaired) electrons. The molecule has 30 heavy (non-hydrogen) atoms. The topological polar surface area (TPSA) is 9.23 Å². The van der Waals surface area contributed by atoms with Crippen LogP contribution in [0.5, 0.6) is 11.5 Å². The van der Waals surface area contributed by atoms with Crippen LogP contribution >= 0.6 is 11.8 Å². The van der Waals surface area contributed by atoms with Crippen LogP contribution in [0.25, 0.3) is 11.1 Å². The van der Waals surface area contributed by atoms with Gasteiger partial charge in [0.25, 0.3) is 0 Å². The third-order valence-corrected chi connectivity index (χ3v) is 10.0. The number of ether oxygens (including phenoxy) is 1. The van der Waals surface area contributed by atoms with E-state index in [1.54, 1.807) is 11.1 Å². The molecule has 1 aliphatic heterocycles. The van der Waals surface area contributed by atoms with Crippen molar-refractivity contribution >= 4 is 11.8 Å². The first-order valence-electron chi connectivity index (χ1n) is 11.5. The van der Waals surface area contributed by atoms with Crippen LogP contribution in [0.1, 0.15) is 43.2 Å². The van der Waals surface area contributed by atoms with Crippen LogP contribution in [-0.4, -0.2) is 0 Å². The second-order valence-electron chi connectivity index (χ2n) is 10.2. The van der Waals surface area contributed by atoms with Gasteiger partial charge in [0.15, 0.2) is 0 Å². The minimum atomic E-state index is 0.222. The molecule has 4 saturated carbocycles. The molecule has 9 rings (SSSR count). The summed E-state index contributed by atoms with van der Waals surface area (Å²) in [7, 11) is 0. The first-order chi connectivity index (χ1) is 14.8. The first kappa shape index (κ1) is 16.5. The van der Waals surface area contributed by atoms with E-state index in [9.17, 15) is 0 Å². The highest BCUT2D eigenvalue weighted by Gasteiger charge is 2.62. The summed E-state index contributed by atoms with van der Waals surface area (Å²) in [5.41, 5.74) is 6.25. The Labute approximate surface area is 181 Å². The molecule has 0 unspecified atom stereocenters. The second kappa shape index (κ2) is 5.53. The average Bonchev–Trinajstić information content (AvgIpc) is 3.07. The molecule has 6 aliphatic rings. The molecule has 0 N–H and O–H groups in total. The normalized spacial score (nSPS) is 33.6. The highest BCUT2D eigenvalue weighted by atomic mass is 32.2. The Hall–Kier alpha value is -2.19. The van der Waals surface area contributed by atoms with E-state index in [0.29, 0.717) is 0 Å². The molecule has 3 aromatic rings. The van der Waals surface area contributed by atoms with Gasteiger partial charge in [0, 0.05) is 11.0 Å². The monoisotopic (exact) mass is 408 g/mol. The van der Waals surface area contributed by atoms with Gasteiger partial charge in [-0.2, -0.15) is 0 Å². The van der Waals surface area contributed by atoms with E-state index in [0.717, 1.165) is 35.2 Å². The van der Waals surface area contributed by atoms with Crippen molar-refractivity contribution in [3.63, 3.8) is 0 Å². The van der Waals surface area contributed by atoms with E-state index < -0.39 is 0 Å². The lowest BCUT2D eigenvalue weighted by Gasteiger charge is -2.61. The Balaban J connectivity index is 1.41. The summed E-state index contributed by atoms with van der Waals surface area (Å²) in [5, 5.41) is 0. The van der Waals surface area contributed by atoms with E-state index in [1.807, 2.05) is 11.8 Å². The van der Waals surface area contributed by atoms with E-state index >= 15 is 0 Å². The standard InChI is InChI=1S/C28H24OS/c1-2-6-21-20(5-1)26-22(28(21)18-12-16-11-17(14-18)15-19(28)13-16)9-10-25-27(26)29-23-7-3-4-8-24(23)30-25/h1-10,16-19H,11-15H2. The fourth-order valence-electron chi connectivity index (χ4n) is 8.22. The summed E-state index contributed by atoms with van der Waals surface area (Å²) in [6, 6.07) is 22.6. The molecule has 4 fully saturated rings. The van der Waals surface area contributed by atoms with Crippen molar-refractivity contribution < 1.29 is 4.74 Å². The number of benzene rings is 3. The lowest BCUT2D eigenvalue weighted by molar-refractivity contribution is -0.0399. The van der Waals surface area contributed by atoms with Crippen molar-refractivity contribution in [1.82, 2.24) is 0 Å². The molecule has 148 valence electrons. The maximum atomic E-state index is 6.64. The maximum Gasteiger partial charge on any atom is 0.149 e. The summed E-state index contributed by atoms with van der Waals surface area (Å²) in [6.07, 6.45) is 7.21. The van der Waals surface area contributed by atoms with Gasteiger partial charge in [-0.1, -0.05) is 54.2 Å². The Morgan fingerprint density at radius 1 is 0.700 bits per heavy atom. The van der Waals surface area contributed by atoms with E-state index in [2.05, 4.69) is 60.7 Å². The molecule has 1 spiro atoms. The molecular formula is C28H24OS. The fraction of sp³-hybridized carbons (Fsp3) is 0.357. The Morgan fingerprint density at radius 3 is 2.27 bits per heavy atom. The lowest BCUT2D eigenvalue weighted by Crippen LogP contribution is -2.55. The summed E-state index contributed by atoms with van der Waals surface area (Å²) in [4.78, 5) is 2.49.